The van der Waals surface area contributed by atoms with Crippen molar-refractivity contribution in [2.45, 2.75) is 62.7 Å². The molecule has 37 heavy (non-hydrogen) atoms. The third-order valence-corrected chi connectivity index (χ3v) is 10.6. The molecule has 7 atom stereocenters. The molecule has 0 radical (unpaired) electrons. The number of amides is 3. The van der Waals surface area contributed by atoms with Crippen molar-refractivity contribution in [2.24, 2.45) is 17.8 Å². The fourth-order valence-electron chi connectivity index (χ4n) is 6.73. The van der Waals surface area contributed by atoms with E-state index in [9.17, 15) is 19.5 Å². The molecule has 2 aromatic rings. The van der Waals surface area contributed by atoms with Crippen LogP contribution < -0.4 is 10.6 Å². The van der Waals surface area contributed by atoms with E-state index in [0.29, 0.717) is 6.54 Å². The maximum atomic E-state index is 14.1. The Morgan fingerprint density at radius 2 is 1.78 bits per heavy atom. The van der Waals surface area contributed by atoms with E-state index in [0.717, 1.165) is 28.8 Å². The number of benzene rings is 2. The van der Waals surface area contributed by atoms with Gasteiger partial charge in [-0.3, -0.25) is 14.4 Å². The topological polar surface area (TPSA) is 98.7 Å². The standard InChI is InChI=1S/C29H35N3O4S/c1-16-9-8-10-17(2)24(16)31-27(35)25-29-18(3)13-21(37-29)22(23(29)28(36)32(25)19(4)15-33)26(34)30-14-20-11-6-5-7-12-20/h5-12,18-19,21-23,25,33H,13-15H2,1-4H3,(H,30,34)(H,31,35)/t18?,19-,21-,22+,23+,25?,29?/m1/s1. The minimum absolute atomic E-state index is 0.0261. The number of thioether (sulfide) groups is 1. The number of para-hydroxylation sites is 1. The predicted octanol–water partition coefficient (Wildman–Crippen LogP) is 3.28. The lowest BCUT2D eigenvalue weighted by Crippen LogP contribution is -2.56. The summed E-state index contributed by atoms with van der Waals surface area (Å²) in [6, 6.07) is 14.2. The molecule has 3 aliphatic heterocycles. The highest BCUT2D eigenvalue weighted by atomic mass is 32.2. The van der Waals surface area contributed by atoms with Gasteiger partial charge in [0.05, 0.1) is 29.2 Å². The highest BCUT2D eigenvalue weighted by molar-refractivity contribution is 8.02. The fourth-order valence-corrected chi connectivity index (χ4v) is 9.14. The van der Waals surface area contributed by atoms with E-state index in [1.54, 1.807) is 23.6 Å². The van der Waals surface area contributed by atoms with Crippen molar-refractivity contribution in [3.8, 4) is 0 Å². The molecular weight excluding hydrogens is 486 g/mol. The zero-order valence-electron chi connectivity index (χ0n) is 21.7. The molecule has 7 nitrogen and oxygen atoms in total. The van der Waals surface area contributed by atoms with Gasteiger partial charge in [-0.2, -0.15) is 0 Å². The number of fused-ring (bicyclic) bond motifs is 1. The average molecular weight is 522 g/mol. The normalized spacial score (nSPS) is 30.8. The molecule has 0 aliphatic carbocycles. The number of carbonyl (C=O) groups is 3. The molecule has 3 N–H and O–H groups in total. The molecule has 3 saturated heterocycles. The van der Waals surface area contributed by atoms with E-state index < -0.39 is 28.7 Å². The van der Waals surface area contributed by atoms with Gasteiger partial charge in [0.2, 0.25) is 17.7 Å². The third kappa shape index (κ3) is 4.05. The SMILES string of the molecule is Cc1cccc(C)c1NC(=O)C1N([C@H](C)CO)C(=O)[C@@H]2[C@@H](C(=O)NCc3ccccc3)[C@H]3CC(C)C12S3. The molecule has 3 fully saturated rings. The molecule has 3 heterocycles. The molecule has 3 unspecified atom stereocenters. The highest BCUT2D eigenvalue weighted by Crippen LogP contribution is 2.68. The van der Waals surface area contributed by atoms with Crippen LogP contribution in [0.2, 0.25) is 0 Å². The molecule has 0 saturated carbocycles. The summed E-state index contributed by atoms with van der Waals surface area (Å²) in [6.07, 6.45) is 0.770. The number of aryl methyl sites for hydroxylation is 2. The molecule has 8 heteroatoms. The van der Waals surface area contributed by atoms with Crippen LogP contribution in [0.15, 0.2) is 48.5 Å². The Kier molecular flexibility index (Phi) is 6.83. The number of nitrogens with one attached hydrogen (secondary N) is 2. The molecule has 3 amide bonds. The van der Waals surface area contributed by atoms with Crippen LogP contribution in [0.5, 0.6) is 0 Å². The zero-order chi connectivity index (χ0) is 26.5. The highest BCUT2D eigenvalue weighted by Gasteiger charge is 2.76. The van der Waals surface area contributed by atoms with E-state index in [-0.39, 0.29) is 35.5 Å². The first-order chi connectivity index (χ1) is 17.7. The molecule has 196 valence electrons. The summed E-state index contributed by atoms with van der Waals surface area (Å²) in [4.78, 5) is 43.2. The molecule has 1 spiro atoms. The Balaban J connectivity index is 1.49. The van der Waals surface area contributed by atoms with Crippen molar-refractivity contribution in [3.63, 3.8) is 0 Å². The molecule has 3 aliphatic rings. The van der Waals surface area contributed by atoms with Gasteiger partial charge >= 0.3 is 0 Å². The summed E-state index contributed by atoms with van der Waals surface area (Å²) in [5.41, 5.74) is 3.64. The van der Waals surface area contributed by atoms with Gasteiger partial charge in [0, 0.05) is 17.5 Å². The van der Waals surface area contributed by atoms with E-state index in [2.05, 4.69) is 17.6 Å². The number of likely N-dealkylation sites (tertiary alicyclic amines) is 1. The van der Waals surface area contributed by atoms with E-state index in [1.165, 1.54) is 0 Å². The van der Waals surface area contributed by atoms with Crippen molar-refractivity contribution >= 4 is 35.2 Å². The predicted molar refractivity (Wildman–Crippen MR) is 145 cm³/mol. The van der Waals surface area contributed by atoms with Crippen LogP contribution in [-0.2, 0) is 20.9 Å². The van der Waals surface area contributed by atoms with E-state index in [4.69, 9.17) is 0 Å². The Morgan fingerprint density at radius 3 is 2.43 bits per heavy atom. The van der Waals surface area contributed by atoms with E-state index in [1.807, 2.05) is 62.4 Å². The fraction of sp³-hybridized carbons (Fsp3) is 0.483. The minimum Gasteiger partial charge on any atom is -0.394 e. The number of aliphatic hydroxyl groups excluding tert-OH is 1. The lowest BCUT2D eigenvalue weighted by molar-refractivity contribution is -0.141. The van der Waals surface area contributed by atoms with Crippen LogP contribution >= 0.6 is 11.8 Å². The summed E-state index contributed by atoms with van der Waals surface area (Å²) < 4.78 is -0.722. The van der Waals surface area contributed by atoms with Gasteiger partial charge in [-0.1, -0.05) is 55.5 Å². The number of hydrogen-bond acceptors (Lipinski definition) is 5. The van der Waals surface area contributed by atoms with Crippen molar-refractivity contribution in [3.05, 3.63) is 65.2 Å². The second kappa shape index (κ2) is 9.80. The van der Waals surface area contributed by atoms with Gasteiger partial charge in [0.15, 0.2) is 0 Å². The summed E-state index contributed by atoms with van der Waals surface area (Å²) in [5, 5.41) is 16.2. The van der Waals surface area contributed by atoms with Crippen LogP contribution in [0.1, 0.15) is 37.0 Å². The summed E-state index contributed by atoms with van der Waals surface area (Å²) >= 11 is 1.64. The summed E-state index contributed by atoms with van der Waals surface area (Å²) in [7, 11) is 0. The molecule has 2 aromatic carbocycles. The van der Waals surface area contributed by atoms with Gasteiger partial charge < -0.3 is 20.6 Å². The Labute approximate surface area is 222 Å². The molecular formula is C29H35N3O4S. The first kappa shape index (κ1) is 25.8. The number of anilines is 1. The van der Waals surface area contributed by atoms with Gasteiger partial charge in [0.25, 0.3) is 0 Å². The van der Waals surface area contributed by atoms with Crippen molar-refractivity contribution in [1.82, 2.24) is 10.2 Å². The Hall–Kier alpha value is -2.84. The monoisotopic (exact) mass is 521 g/mol. The van der Waals surface area contributed by atoms with Crippen LogP contribution in [0.4, 0.5) is 5.69 Å². The Bertz CT molecular complexity index is 1200. The second-order valence-corrected chi connectivity index (χ2v) is 12.3. The number of rotatable bonds is 7. The lowest BCUT2D eigenvalue weighted by atomic mass is 9.66. The summed E-state index contributed by atoms with van der Waals surface area (Å²) in [6.45, 7) is 7.89. The van der Waals surface area contributed by atoms with E-state index >= 15 is 0 Å². The van der Waals surface area contributed by atoms with Crippen LogP contribution in [0.25, 0.3) is 0 Å². The zero-order valence-corrected chi connectivity index (χ0v) is 22.5. The van der Waals surface area contributed by atoms with Crippen LogP contribution in [0.3, 0.4) is 0 Å². The van der Waals surface area contributed by atoms with Gasteiger partial charge in [-0.25, -0.2) is 0 Å². The second-order valence-electron chi connectivity index (χ2n) is 10.8. The van der Waals surface area contributed by atoms with Crippen LogP contribution in [0, 0.1) is 31.6 Å². The van der Waals surface area contributed by atoms with Crippen molar-refractivity contribution in [2.75, 3.05) is 11.9 Å². The first-order valence-electron chi connectivity index (χ1n) is 13.0. The van der Waals surface area contributed by atoms with Gasteiger partial charge in [-0.05, 0) is 49.8 Å². The number of carbonyl (C=O) groups excluding carboxylic acids is 3. The first-order valence-corrected chi connectivity index (χ1v) is 13.9. The van der Waals surface area contributed by atoms with Crippen molar-refractivity contribution < 1.29 is 19.5 Å². The maximum absolute atomic E-state index is 14.1. The number of aliphatic hydroxyl groups is 1. The quantitative estimate of drug-likeness (QED) is 0.520. The lowest BCUT2D eigenvalue weighted by Gasteiger charge is -2.39. The smallest absolute Gasteiger partial charge is 0.248 e. The maximum Gasteiger partial charge on any atom is 0.248 e. The largest absolute Gasteiger partial charge is 0.394 e. The molecule has 5 rings (SSSR count). The molecule has 0 aromatic heterocycles. The number of nitrogens with zero attached hydrogens (tertiary/aromatic N) is 1. The third-order valence-electron chi connectivity index (χ3n) is 8.51. The van der Waals surface area contributed by atoms with Gasteiger partial charge in [-0.15, -0.1) is 11.8 Å². The number of hydrogen-bond donors (Lipinski definition) is 3. The minimum atomic E-state index is -0.775. The van der Waals surface area contributed by atoms with Crippen molar-refractivity contribution in [1.29, 1.82) is 0 Å². The summed E-state index contributed by atoms with van der Waals surface area (Å²) in [5.74, 6) is -1.64. The van der Waals surface area contributed by atoms with Crippen LogP contribution in [-0.4, -0.2) is 56.4 Å². The van der Waals surface area contributed by atoms with Gasteiger partial charge in [0.1, 0.15) is 6.04 Å². The molecule has 2 bridgehead atoms. The average Bonchev–Trinajstić information content (AvgIpc) is 3.48. The Morgan fingerprint density at radius 1 is 1.11 bits per heavy atom.